The molecule has 0 aliphatic carbocycles. The van der Waals surface area contributed by atoms with E-state index in [1.807, 2.05) is 18.2 Å². The molecule has 0 saturated heterocycles. The van der Waals surface area contributed by atoms with Crippen LogP contribution in [0.4, 0.5) is 18.9 Å². The third-order valence-electron chi connectivity index (χ3n) is 5.17. The van der Waals surface area contributed by atoms with E-state index in [-0.39, 0.29) is 12.1 Å². The standard InChI is InChI=1S/C19H18F3N3O/c1-10-11(2)25-8-7-13-16(18(25)24-10)23-9-14(17(13)26)12-5-3-4-6-15(12)19(20,21)22/h3-8,14,17,23,26H,9H2,1-2H3. The Morgan fingerprint density at radius 3 is 2.62 bits per heavy atom. The molecule has 2 unspecified atom stereocenters. The number of aliphatic hydroxyl groups excluding tert-OH is 1. The van der Waals surface area contributed by atoms with Gasteiger partial charge in [0.15, 0.2) is 5.65 Å². The van der Waals surface area contributed by atoms with Gasteiger partial charge in [0.05, 0.1) is 23.0 Å². The molecule has 7 heteroatoms. The number of pyridine rings is 1. The highest BCUT2D eigenvalue weighted by Gasteiger charge is 2.39. The Morgan fingerprint density at radius 2 is 1.88 bits per heavy atom. The Hall–Kier alpha value is -2.54. The molecule has 0 radical (unpaired) electrons. The lowest BCUT2D eigenvalue weighted by molar-refractivity contribution is -0.138. The summed E-state index contributed by atoms with van der Waals surface area (Å²) in [7, 11) is 0. The minimum Gasteiger partial charge on any atom is -0.388 e. The summed E-state index contributed by atoms with van der Waals surface area (Å²) in [6.45, 7) is 4.05. The molecule has 1 aliphatic rings. The maximum atomic E-state index is 13.4. The molecule has 0 amide bonds. The fraction of sp³-hybridized carbons (Fsp3) is 0.316. The average Bonchev–Trinajstić information content (AvgIpc) is 2.89. The van der Waals surface area contributed by atoms with E-state index in [4.69, 9.17) is 0 Å². The topological polar surface area (TPSA) is 49.6 Å². The first kappa shape index (κ1) is 16.9. The molecule has 4 rings (SSSR count). The lowest BCUT2D eigenvalue weighted by Crippen LogP contribution is -2.28. The van der Waals surface area contributed by atoms with Crippen molar-refractivity contribution in [1.29, 1.82) is 0 Å². The summed E-state index contributed by atoms with van der Waals surface area (Å²) in [4.78, 5) is 4.52. The molecule has 0 bridgehead atoms. The van der Waals surface area contributed by atoms with Gasteiger partial charge in [-0.2, -0.15) is 13.2 Å². The molecular formula is C19H18F3N3O. The molecule has 0 saturated carbocycles. The highest BCUT2D eigenvalue weighted by atomic mass is 19.4. The zero-order chi connectivity index (χ0) is 18.6. The predicted octanol–water partition coefficient (Wildman–Crippen LogP) is 4.21. The second-order valence-corrected chi connectivity index (χ2v) is 6.64. The number of benzene rings is 1. The molecule has 3 aromatic rings. The Kier molecular flexibility index (Phi) is 3.73. The van der Waals surface area contributed by atoms with Gasteiger partial charge in [0.1, 0.15) is 0 Å². The van der Waals surface area contributed by atoms with Gasteiger partial charge in [-0.3, -0.25) is 0 Å². The number of aryl methyl sites for hydroxylation is 2. The van der Waals surface area contributed by atoms with Gasteiger partial charge >= 0.3 is 6.18 Å². The second-order valence-electron chi connectivity index (χ2n) is 6.64. The molecule has 136 valence electrons. The van der Waals surface area contributed by atoms with E-state index in [1.165, 1.54) is 12.1 Å². The molecule has 0 spiro atoms. The summed E-state index contributed by atoms with van der Waals surface area (Å²) < 4.78 is 42.0. The first-order valence-corrected chi connectivity index (χ1v) is 8.35. The van der Waals surface area contributed by atoms with Gasteiger partial charge in [0.25, 0.3) is 0 Å². The van der Waals surface area contributed by atoms with Crippen LogP contribution >= 0.6 is 0 Å². The van der Waals surface area contributed by atoms with Crippen LogP contribution in [-0.2, 0) is 6.18 Å². The van der Waals surface area contributed by atoms with Gasteiger partial charge in [-0.05, 0) is 31.5 Å². The first-order valence-electron chi connectivity index (χ1n) is 8.35. The van der Waals surface area contributed by atoms with Crippen LogP contribution in [-0.4, -0.2) is 21.0 Å². The number of imidazole rings is 1. The van der Waals surface area contributed by atoms with Crippen molar-refractivity contribution in [2.45, 2.75) is 32.0 Å². The number of fused-ring (bicyclic) bond motifs is 3. The van der Waals surface area contributed by atoms with Crippen molar-refractivity contribution in [2.24, 2.45) is 0 Å². The maximum absolute atomic E-state index is 13.4. The molecule has 0 fully saturated rings. The van der Waals surface area contributed by atoms with Crippen molar-refractivity contribution in [2.75, 3.05) is 11.9 Å². The number of aliphatic hydroxyl groups is 1. The minimum atomic E-state index is -4.46. The Balaban J connectivity index is 1.82. The zero-order valence-corrected chi connectivity index (χ0v) is 14.3. The molecule has 2 N–H and O–H groups in total. The number of hydrogen-bond donors (Lipinski definition) is 2. The highest BCUT2D eigenvalue weighted by Crippen LogP contribution is 2.44. The van der Waals surface area contributed by atoms with E-state index in [0.29, 0.717) is 16.9 Å². The molecule has 1 aliphatic heterocycles. The summed E-state index contributed by atoms with van der Waals surface area (Å²) in [5, 5.41) is 14.0. The number of aromatic nitrogens is 2. The molecule has 2 atom stereocenters. The monoisotopic (exact) mass is 361 g/mol. The minimum absolute atomic E-state index is 0.0984. The predicted molar refractivity (Wildman–Crippen MR) is 92.3 cm³/mol. The van der Waals surface area contributed by atoms with Crippen LogP contribution in [0.15, 0.2) is 36.5 Å². The lowest BCUT2D eigenvalue weighted by atomic mass is 9.83. The number of anilines is 1. The van der Waals surface area contributed by atoms with Crippen molar-refractivity contribution in [3.8, 4) is 0 Å². The molecular weight excluding hydrogens is 343 g/mol. The van der Waals surface area contributed by atoms with Crippen molar-refractivity contribution in [3.63, 3.8) is 0 Å². The molecule has 1 aromatic carbocycles. The fourth-order valence-electron chi connectivity index (χ4n) is 3.68. The van der Waals surface area contributed by atoms with Gasteiger partial charge < -0.3 is 14.8 Å². The maximum Gasteiger partial charge on any atom is 0.416 e. The Labute approximate surface area is 148 Å². The SMILES string of the molecule is Cc1nc2c3c(ccn2c1C)C(O)C(c1ccccc1C(F)(F)F)CN3. The Bertz CT molecular complexity index is 994. The Morgan fingerprint density at radius 1 is 1.15 bits per heavy atom. The number of alkyl halides is 3. The van der Waals surface area contributed by atoms with E-state index in [0.717, 1.165) is 17.5 Å². The third-order valence-corrected chi connectivity index (χ3v) is 5.17. The summed E-state index contributed by atoms with van der Waals surface area (Å²) in [6, 6.07) is 7.17. The molecule has 3 heterocycles. The van der Waals surface area contributed by atoms with Crippen LogP contribution in [0.1, 0.15) is 40.1 Å². The van der Waals surface area contributed by atoms with Crippen molar-refractivity contribution in [1.82, 2.24) is 9.38 Å². The van der Waals surface area contributed by atoms with Crippen molar-refractivity contribution in [3.05, 3.63) is 64.6 Å². The number of halogens is 3. The molecule has 26 heavy (non-hydrogen) atoms. The fourth-order valence-corrected chi connectivity index (χ4v) is 3.68. The first-order chi connectivity index (χ1) is 12.3. The van der Waals surface area contributed by atoms with E-state index in [1.54, 1.807) is 18.3 Å². The van der Waals surface area contributed by atoms with E-state index in [2.05, 4.69) is 10.3 Å². The normalized spacial score (nSPS) is 20.1. The van der Waals surface area contributed by atoms with E-state index < -0.39 is 23.8 Å². The number of nitrogens with one attached hydrogen (secondary N) is 1. The zero-order valence-electron chi connectivity index (χ0n) is 14.3. The van der Waals surface area contributed by atoms with Crippen LogP contribution in [0.2, 0.25) is 0 Å². The van der Waals surface area contributed by atoms with Crippen LogP contribution < -0.4 is 5.32 Å². The summed E-state index contributed by atoms with van der Waals surface area (Å²) in [5.41, 5.74) is 3.18. The summed E-state index contributed by atoms with van der Waals surface area (Å²) in [5.74, 6) is -0.695. The second kappa shape index (κ2) is 5.74. The van der Waals surface area contributed by atoms with Gasteiger partial charge in [-0.15, -0.1) is 0 Å². The lowest BCUT2D eigenvalue weighted by Gasteiger charge is -2.33. The summed E-state index contributed by atoms with van der Waals surface area (Å²) in [6.07, 6.45) is -3.71. The van der Waals surface area contributed by atoms with Crippen LogP contribution in [0.5, 0.6) is 0 Å². The smallest absolute Gasteiger partial charge is 0.388 e. The molecule has 4 nitrogen and oxygen atoms in total. The molecule has 2 aromatic heterocycles. The van der Waals surface area contributed by atoms with E-state index in [9.17, 15) is 18.3 Å². The van der Waals surface area contributed by atoms with E-state index >= 15 is 0 Å². The number of hydrogen-bond acceptors (Lipinski definition) is 3. The van der Waals surface area contributed by atoms with Crippen LogP contribution in [0.3, 0.4) is 0 Å². The number of rotatable bonds is 1. The average molecular weight is 361 g/mol. The van der Waals surface area contributed by atoms with Crippen molar-refractivity contribution >= 4 is 11.3 Å². The largest absolute Gasteiger partial charge is 0.416 e. The number of nitrogens with zero attached hydrogens (tertiary/aromatic N) is 2. The highest BCUT2D eigenvalue weighted by molar-refractivity contribution is 5.74. The van der Waals surface area contributed by atoms with Gasteiger partial charge in [0.2, 0.25) is 0 Å². The third kappa shape index (κ3) is 2.46. The van der Waals surface area contributed by atoms with Gasteiger partial charge in [0, 0.05) is 29.9 Å². The van der Waals surface area contributed by atoms with Crippen LogP contribution in [0, 0.1) is 13.8 Å². The van der Waals surface area contributed by atoms with Crippen molar-refractivity contribution < 1.29 is 18.3 Å². The van der Waals surface area contributed by atoms with Gasteiger partial charge in [-0.1, -0.05) is 18.2 Å². The quantitative estimate of drug-likeness (QED) is 0.683. The van der Waals surface area contributed by atoms with Gasteiger partial charge in [-0.25, -0.2) is 4.98 Å². The van der Waals surface area contributed by atoms with Crippen LogP contribution in [0.25, 0.3) is 5.65 Å². The summed E-state index contributed by atoms with van der Waals surface area (Å²) >= 11 is 0.